The molecule has 0 heterocycles. The van der Waals surface area contributed by atoms with Crippen LogP contribution in [0.5, 0.6) is 0 Å². The van der Waals surface area contributed by atoms with Gasteiger partial charge in [0.1, 0.15) is 33.0 Å². The van der Waals surface area contributed by atoms with E-state index in [1.807, 2.05) is 9.80 Å². The summed E-state index contributed by atoms with van der Waals surface area (Å²) >= 11 is 0. The maximum atomic E-state index is 12.4. The predicted octanol–water partition coefficient (Wildman–Crippen LogP) is 2.85. The molecule has 0 atom stereocenters. The van der Waals surface area contributed by atoms with Gasteiger partial charge in [-0.1, -0.05) is 0 Å². The highest BCUT2D eigenvalue weighted by atomic mass is 16.5. The van der Waals surface area contributed by atoms with E-state index >= 15 is 0 Å². The number of esters is 5. The van der Waals surface area contributed by atoms with Crippen LogP contribution in [0.3, 0.4) is 0 Å². The minimum atomic E-state index is -0.377. The van der Waals surface area contributed by atoms with Gasteiger partial charge in [-0.25, -0.2) is 0 Å². The van der Waals surface area contributed by atoms with Crippen LogP contribution in [0.1, 0.15) is 83.5 Å². The van der Waals surface area contributed by atoms with E-state index in [0.717, 1.165) is 12.8 Å². The Balaban J connectivity index is 5.42. The first kappa shape index (κ1) is 50.0. The third kappa shape index (κ3) is 32.2. The molecule has 0 aromatic heterocycles. The van der Waals surface area contributed by atoms with Crippen LogP contribution in [-0.2, 0) is 47.7 Å². The summed E-state index contributed by atoms with van der Waals surface area (Å²) in [5.41, 5.74) is 0. The zero-order valence-electron chi connectivity index (χ0n) is 32.4. The van der Waals surface area contributed by atoms with Crippen molar-refractivity contribution in [1.29, 1.82) is 0 Å². The van der Waals surface area contributed by atoms with E-state index in [2.05, 4.69) is 34.5 Å². The Labute approximate surface area is 328 Å². The lowest BCUT2D eigenvalue weighted by Crippen LogP contribution is -2.35. The minimum Gasteiger partial charge on any atom is -0.465 e. The summed E-state index contributed by atoms with van der Waals surface area (Å²) in [5.74, 6) is 10.3. The lowest BCUT2D eigenvalue weighted by atomic mass is 10.2. The Kier molecular flexibility index (Phi) is 32.8. The van der Waals surface area contributed by atoms with Gasteiger partial charge in [-0.05, 0) is 45.4 Å². The Bertz CT molecular complexity index is 1260. The molecule has 0 radical (unpaired) electrons. The van der Waals surface area contributed by atoms with Crippen molar-refractivity contribution in [2.45, 2.75) is 83.5 Å². The number of nitrogens with zero attached hydrogens (tertiary/aromatic N) is 3. The molecule has 0 aromatic carbocycles. The van der Waals surface area contributed by atoms with Gasteiger partial charge in [-0.2, -0.15) is 0 Å². The maximum Gasteiger partial charge on any atom is 0.307 e. The molecule has 55 heavy (non-hydrogen) atoms. The Morgan fingerprint density at radius 3 is 0.745 bits per heavy atom. The standard InChI is InChI=1S/C42H59N3O10/c1-6-11-33-51-38(46)19-28-43(26-18-27-45(31-22-41(49)54-36-14-9-4)32-23-42(50)55-37-15-10-5)24-16-17-25-44(29-20-39(47)52-34-12-7-2)30-21-40(48)53-35-13-8-3/h1-5H,11-37H2. The molecule has 0 saturated heterocycles. The molecule has 0 saturated carbocycles. The second-order valence-corrected chi connectivity index (χ2v) is 12.2. The number of carbonyl (C=O) groups excluding carboxylic acids is 5. The van der Waals surface area contributed by atoms with Crippen molar-refractivity contribution < 1.29 is 47.7 Å². The van der Waals surface area contributed by atoms with Crippen LogP contribution < -0.4 is 0 Å². The molecule has 0 unspecified atom stereocenters. The molecule has 13 heteroatoms. The highest BCUT2D eigenvalue weighted by Crippen LogP contribution is 2.07. The van der Waals surface area contributed by atoms with Crippen LogP contribution in [0.25, 0.3) is 0 Å². The molecule has 0 amide bonds. The molecule has 0 aromatic rings. The van der Waals surface area contributed by atoms with Crippen molar-refractivity contribution in [3.05, 3.63) is 0 Å². The largest absolute Gasteiger partial charge is 0.465 e. The Hall–Kier alpha value is -4.97. The molecule has 0 aliphatic heterocycles. The number of terminal acetylenes is 5. The number of ether oxygens (including phenoxy) is 5. The molecule has 0 rings (SSSR count). The first-order chi connectivity index (χ1) is 26.7. The van der Waals surface area contributed by atoms with Crippen molar-refractivity contribution in [2.24, 2.45) is 0 Å². The lowest BCUT2D eigenvalue weighted by Gasteiger charge is -2.26. The average molecular weight is 766 g/mol. The summed E-state index contributed by atoms with van der Waals surface area (Å²) in [6, 6.07) is 0. The third-order valence-corrected chi connectivity index (χ3v) is 7.86. The summed E-state index contributed by atoms with van der Waals surface area (Å²) in [6.45, 7) is 5.22. The lowest BCUT2D eigenvalue weighted by molar-refractivity contribution is -0.145. The zero-order valence-corrected chi connectivity index (χ0v) is 32.4. The first-order valence-corrected chi connectivity index (χ1v) is 18.8. The van der Waals surface area contributed by atoms with Gasteiger partial charge >= 0.3 is 29.8 Å². The molecule has 0 spiro atoms. The van der Waals surface area contributed by atoms with Gasteiger partial charge in [0.2, 0.25) is 0 Å². The van der Waals surface area contributed by atoms with E-state index in [9.17, 15) is 24.0 Å². The van der Waals surface area contributed by atoms with Crippen LogP contribution in [0.4, 0.5) is 0 Å². The summed E-state index contributed by atoms with van der Waals surface area (Å²) in [4.78, 5) is 67.5. The summed E-state index contributed by atoms with van der Waals surface area (Å²) in [7, 11) is 0. The zero-order chi connectivity index (χ0) is 40.8. The van der Waals surface area contributed by atoms with Gasteiger partial charge in [0, 0.05) is 64.8 Å². The number of rotatable bonds is 34. The normalized spacial score (nSPS) is 10.4. The third-order valence-electron chi connectivity index (χ3n) is 7.86. The Morgan fingerprint density at radius 1 is 0.327 bits per heavy atom. The van der Waals surface area contributed by atoms with Crippen molar-refractivity contribution in [1.82, 2.24) is 14.7 Å². The molecule has 0 aliphatic carbocycles. The van der Waals surface area contributed by atoms with Gasteiger partial charge in [0.25, 0.3) is 0 Å². The molecular weight excluding hydrogens is 706 g/mol. The van der Waals surface area contributed by atoms with E-state index in [4.69, 9.17) is 55.8 Å². The summed E-state index contributed by atoms with van der Waals surface area (Å²) in [5, 5.41) is 0. The fourth-order valence-corrected chi connectivity index (χ4v) is 4.92. The van der Waals surface area contributed by atoms with Crippen molar-refractivity contribution in [3.63, 3.8) is 0 Å². The van der Waals surface area contributed by atoms with E-state index in [1.165, 1.54) is 0 Å². The Morgan fingerprint density at radius 2 is 0.527 bits per heavy atom. The highest BCUT2D eigenvalue weighted by Gasteiger charge is 2.16. The van der Waals surface area contributed by atoms with Gasteiger partial charge in [-0.3, -0.25) is 24.0 Å². The molecule has 13 nitrogen and oxygen atoms in total. The predicted molar refractivity (Wildman–Crippen MR) is 208 cm³/mol. The number of hydrogen-bond acceptors (Lipinski definition) is 13. The molecule has 302 valence electrons. The SMILES string of the molecule is C#CCCOC(=O)CCN(CCCCN(CCC(=O)OCCC#C)CCC(=O)OCCC#C)CCCN(CCC(=O)OCCC#C)CCC(=O)OCCC#C. The van der Waals surface area contributed by atoms with E-state index in [0.29, 0.717) is 97.4 Å². The second kappa shape index (κ2) is 36.0. The quantitative estimate of drug-likeness (QED) is 0.0411. The number of unbranched alkanes of at least 4 members (excludes halogenated alkanes) is 1. The molecule has 0 fully saturated rings. The minimum absolute atomic E-state index is 0.131. The molecule has 0 bridgehead atoms. The van der Waals surface area contributed by atoms with Crippen molar-refractivity contribution in [2.75, 3.05) is 91.9 Å². The molecule has 0 aliphatic rings. The summed E-state index contributed by atoms with van der Waals surface area (Å²) in [6.07, 6.45) is 30.8. The van der Waals surface area contributed by atoms with E-state index in [1.54, 1.807) is 0 Å². The van der Waals surface area contributed by atoms with Crippen LogP contribution in [-0.4, -0.2) is 136 Å². The van der Waals surface area contributed by atoms with Crippen molar-refractivity contribution in [3.8, 4) is 61.7 Å². The maximum absolute atomic E-state index is 12.4. The number of carbonyl (C=O) groups is 5. The molecular formula is C42H59N3O10. The van der Waals surface area contributed by atoms with E-state index in [-0.39, 0.29) is 95.0 Å². The van der Waals surface area contributed by atoms with Crippen molar-refractivity contribution >= 4 is 29.8 Å². The van der Waals surface area contributed by atoms with Gasteiger partial charge in [-0.15, -0.1) is 61.7 Å². The van der Waals surface area contributed by atoms with Gasteiger partial charge in [0.05, 0.1) is 32.1 Å². The van der Waals surface area contributed by atoms with Crippen LogP contribution >= 0.6 is 0 Å². The fourth-order valence-electron chi connectivity index (χ4n) is 4.92. The van der Waals surface area contributed by atoms with E-state index < -0.39 is 0 Å². The van der Waals surface area contributed by atoms with Gasteiger partial charge < -0.3 is 38.4 Å². The average Bonchev–Trinajstić information content (AvgIpc) is 3.17. The monoisotopic (exact) mass is 765 g/mol. The van der Waals surface area contributed by atoms with Gasteiger partial charge in [0.15, 0.2) is 0 Å². The van der Waals surface area contributed by atoms with Crippen LogP contribution in [0.2, 0.25) is 0 Å². The summed E-state index contributed by atoms with van der Waals surface area (Å²) < 4.78 is 25.9. The number of hydrogen-bond donors (Lipinski definition) is 0. The topological polar surface area (TPSA) is 141 Å². The van der Waals surface area contributed by atoms with Crippen LogP contribution in [0, 0.1) is 61.7 Å². The fraction of sp³-hybridized carbons (Fsp3) is 0.643. The van der Waals surface area contributed by atoms with Crippen LogP contribution in [0.15, 0.2) is 0 Å². The second-order valence-electron chi connectivity index (χ2n) is 12.2. The smallest absolute Gasteiger partial charge is 0.307 e. The first-order valence-electron chi connectivity index (χ1n) is 18.8. The molecule has 0 N–H and O–H groups in total. The highest BCUT2D eigenvalue weighted by molar-refractivity contribution is 5.71.